The summed E-state index contributed by atoms with van der Waals surface area (Å²) >= 11 is 0. The fourth-order valence-corrected chi connectivity index (χ4v) is 1.38. The fourth-order valence-electron chi connectivity index (χ4n) is 1.38. The summed E-state index contributed by atoms with van der Waals surface area (Å²) < 4.78 is 87.6. The molecule has 1 rings (SSSR count). The van der Waals surface area contributed by atoms with E-state index < -0.39 is 53.9 Å². The molecule has 0 amide bonds. The van der Waals surface area contributed by atoms with Crippen LogP contribution in [0.5, 0.6) is 0 Å². The smallest absolute Gasteiger partial charge is 0.324 e. The molecule has 0 aliphatic carbocycles. The minimum absolute atomic E-state index is 0. The molecule has 19 heavy (non-hydrogen) atoms. The Labute approximate surface area is 110 Å². The average molecular weight is 312 g/mol. The lowest BCUT2D eigenvalue weighted by molar-refractivity contribution is -0.136. The van der Waals surface area contributed by atoms with Crippen molar-refractivity contribution >= 4 is 12.4 Å². The zero-order valence-corrected chi connectivity index (χ0v) is 10.0. The second-order valence-electron chi connectivity index (χ2n) is 3.64. The van der Waals surface area contributed by atoms with Gasteiger partial charge in [-0.15, -0.1) is 12.4 Å². The van der Waals surface area contributed by atoms with Gasteiger partial charge in [0.05, 0.1) is 0 Å². The number of rotatable bonds is 3. The Morgan fingerprint density at radius 1 is 1.00 bits per heavy atom. The van der Waals surface area contributed by atoms with Gasteiger partial charge in [0.1, 0.15) is 0 Å². The van der Waals surface area contributed by atoms with E-state index in [0.29, 0.717) is 0 Å². The van der Waals surface area contributed by atoms with Crippen LogP contribution in [0.2, 0.25) is 0 Å². The summed E-state index contributed by atoms with van der Waals surface area (Å²) in [6.07, 6.45) is -6.86. The summed E-state index contributed by atoms with van der Waals surface area (Å²) in [7, 11) is 0. The number of hydrogen-bond donors (Lipinski definition) is 1. The monoisotopic (exact) mass is 311 g/mol. The molecule has 0 bridgehead atoms. The standard InChI is InChI=1S/C10H8F7N.ClH/c11-4-3-5(12)9(14)7(8(4)13)6(18)1-2-10(15,16)17;/h3,6H,1-2,18H2;1H/t6-;/m0./s1. The van der Waals surface area contributed by atoms with E-state index in [2.05, 4.69) is 0 Å². The summed E-state index contributed by atoms with van der Waals surface area (Å²) in [6, 6.07) is -1.82. The van der Waals surface area contributed by atoms with Gasteiger partial charge in [-0.3, -0.25) is 0 Å². The van der Waals surface area contributed by atoms with Gasteiger partial charge < -0.3 is 5.73 Å². The SMILES string of the molecule is Cl.N[C@@H](CCC(F)(F)F)c1c(F)c(F)cc(F)c1F. The molecule has 1 aromatic rings. The number of hydrogen-bond acceptors (Lipinski definition) is 1. The molecule has 0 aromatic heterocycles. The van der Waals surface area contributed by atoms with Crippen molar-refractivity contribution in [2.24, 2.45) is 5.73 Å². The van der Waals surface area contributed by atoms with Gasteiger partial charge in [-0.2, -0.15) is 13.2 Å². The highest BCUT2D eigenvalue weighted by molar-refractivity contribution is 5.85. The van der Waals surface area contributed by atoms with Crippen LogP contribution in [-0.2, 0) is 0 Å². The minimum atomic E-state index is -4.57. The first-order chi connectivity index (χ1) is 8.13. The Hall–Kier alpha value is -1.02. The summed E-state index contributed by atoms with van der Waals surface area (Å²) in [5, 5.41) is 0. The molecule has 2 N–H and O–H groups in total. The van der Waals surface area contributed by atoms with E-state index in [-0.39, 0.29) is 18.5 Å². The van der Waals surface area contributed by atoms with E-state index in [0.717, 1.165) is 0 Å². The molecule has 1 aromatic carbocycles. The Balaban J connectivity index is 0.00000324. The number of benzene rings is 1. The van der Waals surface area contributed by atoms with Crippen molar-refractivity contribution in [2.75, 3.05) is 0 Å². The first-order valence-electron chi connectivity index (χ1n) is 4.78. The van der Waals surface area contributed by atoms with E-state index in [1.807, 2.05) is 0 Å². The zero-order chi connectivity index (χ0) is 14.1. The predicted molar refractivity (Wildman–Crippen MR) is 55.7 cm³/mol. The molecule has 0 saturated heterocycles. The predicted octanol–water partition coefficient (Wildman–Crippen LogP) is 4.01. The number of alkyl halides is 3. The molecule has 0 saturated carbocycles. The second-order valence-corrected chi connectivity index (χ2v) is 3.64. The molecular weight excluding hydrogens is 303 g/mol. The third kappa shape index (κ3) is 4.54. The topological polar surface area (TPSA) is 26.0 Å². The van der Waals surface area contributed by atoms with Gasteiger partial charge >= 0.3 is 6.18 Å². The van der Waals surface area contributed by atoms with Crippen molar-refractivity contribution in [2.45, 2.75) is 25.1 Å². The lowest BCUT2D eigenvalue weighted by Gasteiger charge is -2.15. The zero-order valence-electron chi connectivity index (χ0n) is 9.20. The lowest BCUT2D eigenvalue weighted by atomic mass is 10.0. The Bertz CT molecular complexity index is 420. The Kier molecular flexibility index (Phi) is 6.08. The lowest BCUT2D eigenvalue weighted by Crippen LogP contribution is -2.19. The molecule has 0 fully saturated rings. The Morgan fingerprint density at radius 2 is 1.42 bits per heavy atom. The van der Waals surface area contributed by atoms with E-state index in [1.54, 1.807) is 0 Å². The van der Waals surface area contributed by atoms with Crippen molar-refractivity contribution in [1.82, 2.24) is 0 Å². The van der Waals surface area contributed by atoms with Crippen molar-refractivity contribution in [3.63, 3.8) is 0 Å². The Morgan fingerprint density at radius 3 is 1.79 bits per heavy atom. The highest BCUT2D eigenvalue weighted by Gasteiger charge is 2.30. The van der Waals surface area contributed by atoms with Gasteiger partial charge in [0.25, 0.3) is 0 Å². The van der Waals surface area contributed by atoms with Gasteiger partial charge in [0.15, 0.2) is 23.3 Å². The van der Waals surface area contributed by atoms with Crippen LogP contribution in [-0.4, -0.2) is 6.18 Å². The molecule has 0 aliphatic heterocycles. The summed E-state index contributed by atoms with van der Waals surface area (Å²) in [4.78, 5) is 0. The fraction of sp³-hybridized carbons (Fsp3) is 0.400. The maximum Gasteiger partial charge on any atom is 0.389 e. The maximum atomic E-state index is 13.2. The van der Waals surface area contributed by atoms with Crippen molar-refractivity contribution in [3.05, 3.63) is 34.9 Å². The maximum absolute atomic E-state index is 13.2. The first-order valence-corrected chi connectivity index (χ1v) is 4.78. The third-order valence-corrected chi connectivity index (χ3v) is 2.26. The molecular formula is C10H9ClF7N. The second kappa shape index (κ2) is 6.42. The molecule has 9 heteroatoms. The van der Waals surface area contributed by atoms with Gasteiger partial charge in [-0.1, -0.05) is 0 Å². The van der Waals surface area contributed by atoms with Crippen molar-refractivity contribution in [3.8, 4) is 0 Å². The molecule has 0 aliphatic rings. The first kappa shape index (κ1) is 18.0. The minimum Gasteiger partial charge on any atom is -0.324 e. The molecule has 1 nitrogen and oxygen atoms in total. The highest BCUT2D eigenvalue weighted by atomic mass is 35.5. The number of halogens is 8. The van der Waals surface area contributed by atoms with Crippen LogP contribution in [0.4, 0.5) is 30.7 Å². The van der Waals surface area contributed by atoms with Gasteiger partial charge in [0.2, 0.25) is 0 Å². The van der Waals surface area contributed by atoms with Crippen molar-refractivity contribution in [1.29, 1.82) is 0 Å². The highest BCUT2D eigenvalue weighted by Crippen LogP contribution is 2.30. The molecule has 0 heterocycles. The van der Waals surface area contributed by atoms with Gasteiger partial charge in [-0.05, 0) is 6.42 Å². The average Bonchev–Trinajstić information content (AvgIpc) is 2.23. The third-order valence-electron chi connectivity index (χ3n) is 2.26. The van der Waals surface area contributed by atoms with E-state index in [4.69, 9.17) is 5.73 Å². The summed E-state index contributed by atoms with van der Waals surface area (Å²) in [6.45, 7) is 0. The molecule has 110 valence electrons. The van der Waals surface area contributed by atoms with Crippen LogP contribution in [0.1, 0.15) is 24.4 Å². The molecule has 1 atom stereocenters. The van der Waals surface area contributed by atoms with Crippen LogP contribution in [0.25, 0.3) is 0 Å². The van der Waals surface area contributed by atoms with E-state index in [9.17, 15) is 30.7 Å². The van der Waals surface area contributed by atoms with Crippen LogP contribution in [0.3, 0.4) is 0 Å². The van der Waals surface area contributed by atoms with Crippen LogP contribution in [0.15, 0.2) is 6.07 Å². The normalized spacial score (nSPS) is 13.1. The molecule has 0 radical (unpaired) electrons. The summed E-state index contributed by atoms with van der Waals surface area (Å²) in [5.74, 6) is -6.95. The van der Waals surface area contributed by atoms with Crippen molar-refractivity contribution < 1.29 is 30.7 Å². The number of nitrogens with two attached hydrogens (primary N) is 1. The molecule has 0 unspecified atom stereocenters. The van der Waals surface area contributed by atoms with E-state index in [1.165, 1.54) is 0 Å². The summed E-state index contributed by atoms with van der Waals surface area (Å²) in [5.41, 5.74) is 3.92. The van der Waals surface area contributed by atoms with Crippen LogP contribution < -0.4 is 5.73 Å². The van der Waals surface area contributed by atoms with Gasteiger partial charge in [0, 0.05) is 24.1 Å². The largest absolute Gasteiger partial charge is 0.389 e. The molecule has 0 spiro atoms. The van der Waals surface area contributed by atoms with Crippen LogP contribution >= 0.6 is 12.4 Å². The quantitative estimate of drug-likeness (QED) is 0.662. The van der Waals surface area contributed by atoms with Gasteiger partial charge in [-0.25, -0.2) is 17.6 Å². The van der Waals surface area contributed by atoms with Crippen LogP contribution in [0, 0.1) is 23.3 Å². The van der Waals surface area contributed by atoms with E-state index >= 15 is 0 Å².